The zero-order chi connectivity index (χ0) is 20.8. The minimum absolute atomic E-state index is 0.0202. The molecule has 0 amide bonds. The zero-order valence-corrected chi connectivity index (χ0v) is 17.3. The average molecular weight is 405 g/mol. The van der Waals surface area contributed by atoms with Crippen LogP contribution in [0, 0.1) is 34.5 Å². The number of aliphatic hydroxyl groups is 3. The molecule has 0 saturated heterocycles. The molecule has 6 heteroatoms. The maximum atomic E-state index is 13.6. The summed E-state index contributed by atoms with van der Waals surface area (Å²) in [5, 5.41) is 32.7. The molecule has 5 aliphatic rings. The van der Waals surface area contributed by atoms with Crippen LogP contribution in [0.4, 0.5) is 0 Å². The van der Waals surface area contributed by atoms with Crippen LogP contribution in [0.3, 0.4) is 0 Å². The van der Waals surface area contributed by atoms with Gasteiger partial charge >= 0.3 is 5.97 Å². The standard InChI is InChI=1S/C23H32O6/c1-21-9-17(25)16(24)8-13(21)3-4-15-20(21)18(26)10-22(2)14(5-6-23(15,22)28)12-7-19(27)29-11-12/h7,13-17,20,24-25,28H,3-6,8-11H2,1-2H3/t13-,14+,15-,16-,17-,20-,21+,22-,23+/m1/s1. The fourth-order valence-electron chi connectivity index (χ4n) is 8.23. The van der Waals surface area contributed by atoms with Crippen molar-refractivity contribution in [1.82, 2.24) is 0 Å². The summed E-state index contributed by atoms with van der Waals surface area (Å²) in [6.45, 7) is 4.38. The van der Waals surface area contributed by atoms with Crippen LogP contribution in [0.5, 0.6) is 0 Å². The molecule has 1 aliphatic heterocycles. The first-order valence-electron chi connectivity index (χ1n) is 11.1. The van der Waals surface area contributed by atoms with Crippen molar-refractivity contribution < 1.29 is 29.6 Å². The van der Waals surface area contributed by atoms with Crippen LogP contribution >= 0.6 is 0 Å². The number of hydrogen-bond donors (Lipinski definition) is 3. The molecule has 3 N–H and O–H groups in total. The van der Waals surface area contributed by atoms with E-state index in [0.717, 1.165) is 24.8 Å². The molecular formula is C23H32O6. The maximum Gasteiger partial charge on any atom is 0.331 e. The lowest BCUT2D eigenvalue weighted by molar-refractivity contribution is -0.213. The molecule has 0 radical (unpaired) electrons. The number of fused-ring (bicyclic) bond motifs is 5. The Labute approximate surface area is 171 Å². The van der Waals surface area contributed by atoms with Crippen molar-refractivity contribution >= 4 is 11.8 Å². The molecule has 4 saturated carbocycles. The highest BCUT2D eigenvalue weighted by atomic mass is 16.5. The Morgan fingerprint density at radius 2 is 1.86 bits per heavy atom. The molecule has 0 aromatic heterocycles. The number of cyclic esters (lactones) is 1. The Morgan fingerprint density at radius 1 is 1.10 bits per heavy atom. The van der Waals surface area contributed by atoms with Crippen LogP contribution in [0.2, 0.25) is 0 Å². The summed E-state index contributed by atoms with van der Waals surface area (Å²) in [5.41, 5.74) is -1.03. The summed E-state index contributed by atoms with van der Waals surface area (Å²) in [6, 6.07) is 0. The molecule has 4 aliphatic carbocycles. The number of carbonyl (C=O) groups excluding carboxylic acids is 2. The van der Waals surface area contributed by atoms with E-state index in [4.69, 9.17) is 4.74 Å². The highest BCUT2D eigenvalue weighted by Crippen LogP contribution is 2.68. The number of ketones is 1. The van der Waals surface area contributed by atoms with Gasteiger partial charge in [-0.2, -0.15) is 0 Å². The third kappa shape index (κ3) is 2.45. The lowest BCUT2D eigenvalue weighted by atomic mass is 9.42. The van der Waals surface area contributed by atoms with Gasteiger partial charge in [-0.25, -0.2) is 4.79 Å². The van der Waals surface area contributed by atoms with Gasteiger partial charge in [0.1, 0.15) is 12.4 Å². The molecule has 9 atom stereocenters. The minimum Gasteiger partial charge on any atom is -0.458 e. The Kier molecular flexibility index (Phi) is 4.18. The largest absolute Gasteiger partial charge is 0.458 e. The Balaban J connectivity index is 1.52. The molecular weight excluding hydrogens is 372 g/mol. The lowest BCUT2D eigenvalue weighted by Crippen LogP contribution is -2.66. The van der Waals surface area contributed by atoms with Gasteiger partial charge in [0, 0.05) is 23.8 Å². The van der Waals surface area contributed by atoms with E-state index in [0.29, 0.717) is 25.7 Å². The zero-order valence-electron chi connectivity index (χ0n) is 17.3. The topological polar surface area (TPSA) is 104 Å². The van der Waals surface area contributed by atoms with Crippen molar-refractivity contribution in [3.05, 3.63) is 11.6 Å². The highest BCUT2D eigenvalue weighted by molar-refractivity contribution is 5.86. The van der Waals surface area contributed by atoms with Crippen LogP contribution in [0.15, 0.2) is 11.6 Å². The van der Waals surface area contributed by atoms with Gasteiger partial charge in [-0.3, -0.25) is 4.79 Å². The number of esters is 1. The summed E-state index contributed by atoms with van der Waals surface area (Å²) in [6.07, 6.45) is 4.27. The Hall–Kier alpha value is -1.24. The van der Waals surface area contributed by atoms with E-state index < -0.39 is 23.2 Å². The number of aliphatic hydroxyl groups excluding tert-OH is 2. The second kappa shape index (κ2) is 6.14. The van der Waals surface area contributed by atoms with Crippen LogP contribution in [-0.4, -0.2) is 51.5 Å². The molecule has 0 aromatic rings. The second-order valence-electron chi connectivity index (χ2n) is 10.8. The summed E-state index contributed by atoms with van der Waals surface area (Å²) in [4.78, 5) is 25.3. The molecule has 5 rings (SSSR count). The summed E-state index contributed by atoms with van der Waals surface area (Å²) in [5.74, 6) is -0.401. The third-order valence-electron chi connectivity index (χ3n) is 9.70. The molecule has 0 spiro atoms. The van der Waals surface area contributed by atoms with Gasteiger partial charge in [-0.05, 0) is 67.3 Å². The van der Waals surface area contributed by atoms with Gasteiger partial charge in [0.05, 0.1) is 17.8 Å². The molecule has 0 bridgehead atoms. The predicted octanol–water partition coefficient (Wildman–Crippen LogP) is 1.75. The van der Waals surface area contributed by atoms with Crippen LogP contribution < -0.4 is 0 Å². The molecule has 4 fully saturated rings. The first-order valence-corrected chi connectivity index (χ1v) is 11.1. The van der Waals surface area contributed by atoms with Gasteiger partial charge in [0.25, 0.3) is 0 Å². The monoisotopic (exact) mass is 404 g/mol. The average Bonchev–Trinajstić information content (AvgIpc) is 3.17. The van der Waals surface area contributed by atoms with E-state index in [2.05, 4.69) is 6.92 Å². The Bertz CT molecular complexity index is 790. The first-order chi connectivity index (χ1) is 13.6. The molecule has 0 unspecified atom stereocenters. The van der Waals surface area contributed by atoms with Gasteiger partial charge < -0.3 is 20.1 Å². The van der Waals surface area contributed by atoms with Crippen molar-refractivity contribution in [3.8, 4) is 0 Å². The number of Topliss-reactive ketones (excluding diaryl/α,β-unsaturated/α-hetero) is 1. The molecule has 1 heterocycles. The molecule has 0 aromatic carbocycles. The van der Waals surface area contributed by atoms with Crippen LogP contribution in [0.25, 0.3) is 0 Å². The predicted molar refractivity (Wildman–Crippen MR) is 104 cm³/mol. The van der Waals surface area contributed by atoms with Crippen molar-refractivity contribution in [1.29, 1.82) is 0 Å². The van der Waals surface area contributed by atoms with Gasteiger partial charge in [0.15, 0.2) is 0 Å². The number of hydrogen-bond acceptors (Lipinski definition) is 6. The van der Waals surface area contributed by atoms with E-state index in [1.54, 1.807) is 6.08 Å². The summed E-state index contributed by atoms with van der Waals surface area (Å²) >= 11 is 0. The van der Waals surface area contributed by atoms with Crippen molar-refractivity contribution in [2.24, 2.45) is 34.5 Å². The lowest BCUT2D eigenvalue weighted by Gasteiger charge is -2.63. The summed E-state index contributed by atoms with van der Waals surface area (Å²) < 4.78 is 5.13. The Morgan fingerprint density at radius 3 is 2.55 bits per heavy atom. The molecule has 29 heavy (non-hydrogen) atoms. The SMILES string of the molecule is C[C@]12C[C@@H](O)[C@H](O)C[C@H]1CC[C@@H]1[C@@H]2C(=O)C[C@]2(C)[C@H](C3=CC(=O)OC3)CC[C@]12O. The van der Waals surface area contributed by atoms with Gasteiger partial charge in [-0.15, -0.1) is 0 Å². The van der Waals surface area contributed by atoms with Gasteiger partial charge in [-0.1, -0.05) is 13.8 Å². The number of ether oxygens (including phenoxy) is 1. The van der Waals surface area contributed by atoms with Crippen molar-refractivity contribution in [2.75, 3.05) is 6.61 Å². The summed E-state index contributed by atoms with van der Waals surface area (Å²) in [7, 11) is 0. The highest BCUT2D eigenvalue weighted by Gasteiger charge is 2.70. The van der Waals surface area contributed by atoms with Crippen molar-refractivity contribution in [3.63, 3.8) is 0 Å². The normalized spacial score (nSPS) is 54.3. The number of rotatable bonds is 1. The smallest absolute Gasteiger partial charge is 0.331 e. The fourth-order valence-corrected chi connectivity index (χ4v) is 8.23. The quantitative estimate of drug-likeness (QED) is 0.575. The van der Waals surface area contributed by atoms with E-state index in [9.17, 15) is 24.9 Å². The second-order valence-corrected chi connectivity index (χ2v) is 10.8. The number of carbonyl (C=O) groups is 2. The van der Waals surface area contributed by atoms with Gasteiger partial charge in [0.2, 0.25) is 0 Å². The van der Waals surface area contributed by atoms with Crippen LogP contribution in [0.1, 0.15) is 58.8 Å². The third-order valence-corrected chi connectivity index (χ3v) is 9.70. The van der Waals surface area contributed by atoms with E-state index in [1.165, 1.54) is 0 Å². The maximum absolute atomic E-state index is 13.6. The van der Waals surface area contributed by atoms with E-state index in [1.807, 2.05) is 6.92 Å². The van der Waals surface area contributed by atoms with E-state index >= 15 is 0 Å². The minimum atomic E-state index is -0.961. The fraction of sp³-hybridized carbons (Fsp3) is 0.826. The van der Waals surface area contributed by atoms with Crippen LogP contribution in [-0.2, 0) is 14.3 Å². The van der Waals surface area contributed by atoms with Crippen molar-refractivity contribution in [2.45, 2.75) is 76.6 Å². The van der Waals surface area contributed by atoms with E-state index in [-0.39, 0.29) is 47.4 Å². The molecule has 6 nitrogen and oxygen atoms in total. The molecule has 160 valence electrons. The first kappa shape index (κ1) is 19.7.